The normalized spacial score (nSPS) is 15.4. The maximum atomic E-state index is 12.3. The quantitative estimate of drug-likeness (QED) is 0.817. The zero-order valence-electron chi connectivity index (χ0n) is 14.6. The van der Waals surface area contributed by atoms with Gasteiger partial charge in [-0.3, -0.25) is 4.79 Å². The highest BCUT2D eigenvalue weighted by Crippen LogP contribution is 2.18. The van der Waals surface area contributed by atoms with Gasteiger partial charge in [-0.05, 0) is 43.2 Å². The van der Waals surface area contributed by atoms with Gasteiger partial charge in [0.25, 0.3) is 5.91 Å². The summed E-state index contributed by atoms with van der Waals surface area (Å²) in [5.41, 5.74) is 0.433. The van der Waals surface area contributed by atoms with Crippen molar-refractivity contribution in [2.24, 2.45) is 0 Å². The summed E-state index contributed by atoms with van der Waals surface area (Å²) in [6.45, 7) is 0.253. The van der Waals surface area contributed by atoms with E-state index in [1.165, 1.54) is 25.7 Å². The molecule has 0 unspecified atom stereocenters. The van der Waals surface area contributed by atoms with Crippen molar-refractivity contribution in [3.05, 3.63) is 42.2 Å². The number of hydrogen-bond acceptors (Lipinski definition) is 4. The lowest BCUT2D eigenvalue weighted by Crippen LogP contribution is -2.34. The Labute approximate surface area is 148 Å². The average Bonchev–Trinajstić information content (AvgIpc) is 2.98. The Hall–Kier alpha value is -2.50. The fourth-order valence-corrected chi connectivity index (χ4v) is 3.05. The first-order valence-corrected chi connectivity index (χ1v) is 8.86. The van der Waals surface area contributed by atoms with Gasteiger partial charge in [0.05, 0.1) is 7.11 Å². The van der Waals surface area contributed by atoms with Crippen molar-refractivity contribution in [2.75, 3.05) is 7.11 Å². The van der Waals surface area contributed by atoms with E-state index in [1.54, 1.807) is 24.1 Å². The van der Waals surface area contributed by atoms with Crippen molar-refractivity contribution in [3.63, 3.8) is 0 Å². The molecule has 6 nitrogen and oxygen atoms in total. The molecule has 1 amide bonds. The number of methoxy groups -OCH3 is 1. The number of rotatable bonds is 6. The SMILES string of the molecule is COc1ccc(OCn2ccc(C(=O)NC3CCCCCC3)n2)cc1. The van der Waals surface area contributed by atoms with E-state index >= 15 is 0 Å². The van der Waals surface area contributed by atoms with E-state index < -0.39 is 0 Å². The number of amides is 1. The van der Waals surface area contributed by atoms with E-state index in [0.717, 1.165) is 24.3 Å². The fourth-order valence-electron chi connectivity index (χ4n) is 3.05. The maximum Gasteiger partial charge on any atom is 0.271 e. The first kappa shape index (κ1) is 17.3. The molecule has 2 aromatic rings. The number of hydrogen-bond donors (Lipinski definition) is 1. The van der Waals surface area contributed by atoms with Crippen molar-refractivity contribution in [2.45, 2.75) is 51.3 Å². The molecule has 0 radical (unpaired) electrons. The van der Waals surface area contributed by atoms with Crippen molar-refractivity contribution in [1.29, 1.82) is 0 Å². The van der Waals surface area contributed by atoms with Gasteiger partial charge in [0.1, 0.15) is 17.2 Å². The zero-order valence-corrected chi connectivity index (χ0v) is 14.6. The van der Waals surface area contributed by atoms with Crippen LogP contribution >= 0.6 is 0 Å². The van der Waals surface area contributed by atoms with Crippen LogP contribution in [0, 0.1) is 0 Å². The van der Waals surface area contributed by atoms with Crippen LogP contribution in [0.2, 0.25) is 0 Å². The van der Waals surface area contributed by atoms with E-state index in [2.05, 4.69) is 10.4 Å². The van der Waals surface area contributed by atoms with Gasteiger partial charge in [0.15, 0.2) is 6.73 Å². The molecule has 134 valence electrons. The predicted octanol–water partition coefficient (Wildman–Crippen LogP) is 3.38. The third-order valence-corrected chi connectivity index (χ3v) is 4.49. The van der Waals surface area contributed by atoms with Crippen LogP contribution in [0.5, 0.6) is 11.5 Å². The lowest BCUT2D eigenvalue weighted by molar-refractivity contribution is 0.0926. The largest absolute Gasteiger partial charge is 0.497 e. The minimum Gasteiger partial charge on any atom is -0.497 e. The number of aromatic nitrogens is 2. The molecule has 1 aromatic carbocycles. The summed E-state index contributed by atoms with van der Waals surface area (Å²) in [5, 5.41) is 7.41. The lowest BCUT2D eigenvalue weighted by Gasteiger charge is -2.15. The number of carbonyl (C=O) groups is 1. The van der Waals surface area contributed by atoms with E-state index in [-0.39, 0.29) is 18.7 Å². The van der Waals surface area contributed by atoms with Gasteiger partial charge in [-0.2, -0.15) is 5.10 Å². The Kier molecular flexibility index (Phi) is 5.93. The summed E-state index contributed by atoms with van der Waals surface area (Å²) in [6, 6.07) is 9.34. The second-order valence-electron chi connectivity index (χ2n) is 6.35. The number of nitrogens with zero attached hydrogens (tertiary/aromatic N) is 2. The van der Waals surface area contributed by atoms with Crippen LogP contribution in [0.4, 0.5) is 0 Å². The minimum absolute atomic E-state index is 0.102. The summed E-state index contributed by atoms with van der Waals surface area (Å²) < 4.78 is 12.4. The number of nitrogens with one attached hydrogen (secondary N) is 1. The van der Waals surface area contributed by atoms with Crippen LogP contribution < -0.4 is 14.8 Å². The molecular weight excluding hydrogens is 318 g/mol. The van der Waals surface area contributed by atoms with Crippen LogP contribution in [0.3, 0.4) is 0 Å². The number of benzene rings is 1. The first-order valence-electron chi connectivity index (χ1n) is 8.86. The summed E-state index contributed by atoms with van der Waals surface area (Å²) in [6.07, 6.45) is 8.79. The molecule has 0 aliphatic heterocycles. The highest BCUT2D eigenvalue weighted by Gasteiger charge is 2.17. The average molecular weight is 343 g/mol. The molecule has 1 aliphatic carbocycles. The summed E-state index contributed by atoms with van der Waals surface area (Å²) in [5.74, 6) is 1.40. The monoisotopic (exact) mass is 343 g/mol. The molecule has 0 spiro atoms. The molecule has 1 saturated carbocycles. The van der Waals surface area contributed by atoms with Gasteiger partial charge in [0.2, 0.25) is 0 Å². The molecule has 3 rings (SSSR count). The third-order valence-electron chi connectivity index (χ3n) is 4.49. The summed E-state index contributed by atoms with van der Waals surface area (Å²) in [4.78, 5) is 12.3. The van der Waals surface area contributed by atoms with Crippen LogP contribution in [-0.4, -0.2) is 28.8 Å². The third kappa shape index (κ3) is 4.98. The van der Waals surface area contributed by atoms with Crippen molar-refractivity contribution < 1.29 is 14.3 Å². The molecule has 0 bridgehead atoms. The fraction of sp³-hybridized carbons (Fsp3) is 0.474. The van der Waals surface area contributed by atoms with Gasteiger partial charge in [-0.25, -0.2) is 4.68 Å². The molecule has 1 aromatic heterocycles. The van der Waals surface area contributed by atoms with Crippen LogP contribution in [-0.2, 0) is 6.73 Å². The van der Waals surface area contributed by atoms with Crippen molar-refractivity contribution >= 4 is 5.91 Å². The van der Waals surface area contributed by atoms with Crippen LogP contribution in [0.25, 0.3) is 0 Å². The molecule has 1 fully saturated rings. The van der Waals surface area contributed by atoms with Crippen molar-refractivity contribution in [3.8, 4) is 11.5 Å². The highest BCUT2D eigenvalue weighted by atomic mass is 16.5. The maximum absolute atomic E-state index is 12.3. The van der Waals surface area contributed by atoms with E-state index in [9.17, 15) is 4.79 Å². The number of ether oxygens (including phenoxy) is 2. The van der Waals surface area contributed by atoms with Crippen molar-refractivity contribution in [1.82, 2.24) is 15.1 Å². The van der Waals surface area contributed by atoms with Gasteiger partial charge in [-0.1, -0.05) is 25.7 Å². The zero-order chi connectivity index (χ0) is 17.5. The standard InChI is InChI=1S/C19H25N3O3/c1-24-16-8-10-17(11-9-16)25-14-22-13-12-18(21-22)19(23)20-15-6-4-2-3-5-7-15/h8-13,15H,2-7,14H2,1H3,(H,20,23). The lowest BCUT2D eigenvalue weighted by atomic mass is 10.1. The van der Waals surface area contributed by atoms with Gasteiger partial charge in [-0.15, -0.1) is 0 Å². The summed E-state index contributed by atoms with van der Waals surface area (Å²) >= 11 is 0. The Morgan fingerprint density at radius 2 is 1.80 bits per heavy atom. The second-order valence-corrected chi connectivity index (χ2v) is 6.35. The Morgan fingerprint density at radius 3 is 2.48 bits per heavy atom. The molecule has 1 aliphatic rings. The first-order chi connectivity index (χ1) is 12.2. The van der Waals surface area contributed by atoms with E-state index in [4.69, 9.17) is 9.47 Å². The van der Waals surface area contributed by atoms with Gasteiger partial charge in [0, 0.05) is 12.2 Å². The van der Waals surface area contributed by atoms with Gasteiger partial charge >= 0.3 is 0 Å². The molecule has 0 atom stereocenters. The Balaban J connectivity index is 1.51. The van der Waals surface area contributed by atoms with E-state index in [0.29, 0.717) is 5.69 Å². The molecule has 6 heteroatoms. The molecule has 25 heavy (non-hydrogen) atoms. The summed E-state index contributed by atoms with van der Waals surface area (Å²) in [7, 11) is 1.63. The minimum atomic E-state index is -0.102. The van der Waals surface area contributed by atoms with Gasteiger partial charge < -0.3 is 14.8 Å². The Morgan fingerprint density at radius 1 is 1.12 bits per heavy atom. The molecular formula is C19H25N3O3. The molecule has 0 saturated heterocycles. The molecule has 1 N–H and O–H groups in total. The molecule has 1 heterocycles. The smallest absolute Gasteiger partial charge is 0.271 e. The van der Waals surface area contributed by atoms with E-state index in [1.807, 2.05) is 24.3 Å². The van der Waals surface area contributed by atoms with Crippen LogP contribution in [0.15, 0.2) is 36.5 Å². The second kappa shape index (κ2) is 8.55. The van der Waals surface area contributed by atoms with Crippen LogP contribution in [0.1, 0.15) is 49.0 Å². The predicted molar refractivity (Wildman–Crippen MR) is 94.8 cm³/mol. The number of carbonyl (C=O) groups excluding carboxylic acids is 1. The Bertz CT molecular complexity index is 673. The highest BCUT2D eigenvalue weighted by molar-refractivity contribution is 5.92. The topological polar surface area (TPSA) is 65.4 Å².